The van der Waals surface area contributed by atoms with Crippen molar-refractivity contribution in [2.45, 2.75) is 19.4 Å². The van der Waals surface area contributed by atoms with Crippen LogP contribution in [0.5, 0.6) is 0 Å². The number of hydrogen-bond donors (Lipinski definition) is 2. The molecule has 3 N–H and O–H groups in total. The number of nitrogens with two attached hydrogens (primary N) is 1. The summed E-state index contributed by atoms with van der Waals surface area (Å²) in [6.07, 6.45) is 5.05. The quantitative estimate of drug-likeness (QED) is 0.781. The Labute approximate surface area is 108 Å². The van der Waals surface area contributed by atoms with E-state index in [1.807, 2.05) is 0 Å². The van der Waals surface area contributed by atoms with Crippen LogP contribution in [0.2, 0.25) is 0 Å². The second-order valence-corrected chi connectivity index (χ2v) is 4.58. The molecular weight excluding hydrogens is 252 g/mol. The fourth-order valence-electron chi connectivity index (χ4n) is 1.40. The minimum Gasteiger partial charge on any atom is -0.330 e. The molecule has 0 unspecified atom stereocenters. The maximum absolute atomic E-state index is 11.7. The summed E-state index contributed by atoms with van der Waals surface area (Å²) in [5.41, 5.74) is 6.26. The van der Waals surface area contributed by atoms with Gasteiger partial charge in [0.25, 0.3) is 0 Å². The molecule has 0 aliphatic heterocycles. The Hall–Kier alpha value is -1.80. The number of carbonyl (C=O) groups is 1. The zero-order valence-electron chi connectivity index (χ0n) is 9.74. The number of aryl methyl sites for hydroxylation is 1. The highest BCUT2D eigenvalue weighted by Gasteiger charge is 2.07. The van der Waals surface area contributed by atoms with Gasteiger partial charge in [-0.15, -0.1) is 16.4 Å². The summed E-state index contributed by atoms with van der Waals surface area (Å²) >= 11 is 1.38. The highest BCUT2D eigenvalue weighted by atomic mass is 32.1. The Bertz CT molecular complexity index is 494. The molecule has 2 heterocycles. The van der Waals surface area contributed by atoms with Crippen molar-refractivity contribution in [2.24, 2.45) is 5.73 Å². The van der Waals surface area contributed by atoms with E-state index >= 15 is 0 Å². The van der Waals surface area contributed by atoms with Crippen LogP contribution in [0.25, 0.3) is 0 Å². The molecule has 1 amide bonds. The van der Waals surface area contributed by atoms with E-state index in [1.165, 1.54) is 16.0 Å². The number of aromatic nitrogens is 4. The maximum atomic E-state index is 11.7. The molecule has 0 aliphatic rings. The van der Waals surface area contributed by atoms with Crippen molar-refractivity contribution in [3.8, 4) is 0 Å². The lowest BCUT2D eigenvalue weighted by Crippen LogP contribution is -2.19. The van der Waals surface area contributed by atoms with Gasteiger partial charge in [-0.05, 0) is 19.4 Å². The Morgan fingerprint density at radius 1 is 1.56 bits per heavy atom. The minimum atomic E-state index is -0.166. The first-order valence-corrected chi connectivity index (χ1v) is 6.44. The summed E-state index contributed by atoms with van der Waals surface area (Å²) < 4.78 is 1.51. The van der Waals surface area contributed by atoms with Gasteiger partial charge in [0.15, 0.2) is 5.13 Å². The van der Waals surface area contributed by atoms with Crippen LogP contribution in [0.4, 0.5) is 5.13 Å². The average Bonchev–Trinajstić information content (AvgIpc) is 2.98. The average molecular weight is 266 g/mol. The van der Waals surface area contributed by atoms with Gasteiger partial charge in [-0.1, -0.05) is 5.21 Å². The number of amides is 1. The molecule has 2 aromatic rings. The standard InChI is InChI=1S/C10H14N6OS/c11-3-1-2-8-6-16(15-14-8)7-9(17)13-10-12-4-5-18-10/h4-6H,1-3,7,11H2,(H,12,13,17). The van der Waals surface area contributed by atoms with Crippen LogP contribution < -0.4 is 11.1 Å². The molecule has 7 nitrogen and oxygen atoms in total. The van der Waals surface area contributed by atoms with Gasteiger partial charge in [0, 0.05) is 17.8 Å². The van der Waals surface area contributed by atoms with E-state index in [0.29, 0.717) is 11.7 Å². The summed E-state index contributed by atoms with van der Waals surface area (Å²) in [7, 11) is 0. The molecule has 2 aromatic heterocycles. The Morgan fingerprint density at radius 2 is 2.44 bits per heavy atom. The van der Waals surface area contributed by atoms with Gasteiger partial charge in [-0.25, -0.2) is 9.67 Å². The van der Waals surface area contributed by atoms with Crippen molar-refractivity contribution in [2.75, 3.05) is 11.9 Å². The summed E-state index contributed by atoms with van der Waals surface area (Å²) in [6.45, 7) is 0.757. The van der Waals surface area contributed by atoms with Gasteiger partial charge < -0.3 is 11.1 Å². The number of hydrogen-bond acceptors (Lipinski definition) is 6. The van der Waals surface area contributed by atoms with Crippen LogP contribution >= 0.6 is 11.3 Å². The molecule has 0 spiro atoms. The molecular formula is C10H14N6OS. The molecule has 0 aliphatic carbocycles. The zero-order chi connectivity index (χ0) is 12.8. The van der Waals surface area contributed by atoms with Crippen molar-refractivity contribution < 1.29 is 4.79 Å². The topological polar surface area (TPSA) is 98.7 Å². The largest absolute Gasteiger partial charge is 0.330 e. The SMILES string of the molecule is NCCCc1cn(CC(=O)Nc2nccs2)nn1. The number of thiazole rings is 1. The number of carbonyl (C=O) groups excluding carboxylic acids is 1. The second kappa shape index (κ2) is 6.22. The van der Waals surface area contributed by atoms with Gasteiger partial charge in [-0.3, -0.25) is 4.79 Å². The van der Waals surface area contributed by atoms with E-state index < -0.39 is 0 Å². The van der Waals surface area contributed by atoms with Gasteiger partial charge >= 0.3 is 0 Å². The smallest absolute Gasteiger partial charge is 0.247 e. The van der Waals surface area contributed by atoms with Crippen molar-refractivity contribution >= 4 is 22.4 Å². The fourth-order valence-corrected chi connectivity index (χ4v) is 1.95. The Balaban J connectivity index is 1.85. The normalized spacial score (nSPS) is 10.5. The summed E-state index contributed by atoms with van der Waals surface area (Å²) in [5.74, 6) is -0.166. The van der Waals surface area contributed by atoms with Gasteiger partial charge in [-0.2, -0.15) is 0 Å². The second-order valence-electron chi connectivity index (χ2n) is 3.69. The highest BCUT2D eigenvalue weighted by molar-refractivity contribution is 7.13. The third kappa shape index (κ3) is 3.60. The number of nitrogens with zero attached hydrogens (tertiary/aromatic N) is 4. The molecule has 0 saturated carbocycles. The Kier molecular flexibility index (Phi) is 4.37. The molecule has 0 bridgehead atoms. The molecule has 2 rings (SSSR count). The van der Waals surface area contributed by atoms with Gasteiger partial charge in [0.05, 0.1) is 5.69 Å². The fraction of sp³-hybridized carbons (Fsp3) is 0.400. The lowest BCUT2D eigenvalue weighted by atomic mass is 10.2. The number of anilines is 1. The molecule has 96 valence electrons. The third-order valence-electron chi connectivity index (χ3n) is 2.21. The van der Waals surface area contributed by atoms with Crippen LogP contribution in [-0.2, 0) is 17.8 Å². The first-order valence-electron chi connectivity index (χ1n) is 5.56. The molecule has 8 heteroatoms. The number of rotatable bonds is 6. The van der Waals surface area contributed by atoms with Crippen molar-refractivity contribution in [1.29, 1.82) is 0 Å². The molecule has 18 heavy (non-hydrogen) atoms. The molecule has 0 atom stereocenters. The predicted octanol–water partition coefficient (Wildman–Crippen LogP) is 0.265. The van der Waals surface area contributed by atoms with Crippen LogP contribution in [0, 0.1) is 0 Å². The van der Waals surface area contributed by atoms with Crippen LogP contribution in [0.15, 0.2) is 17.8 Å². The lowest BCUT2D eigenvalue weighted by Gasteiger charge is -2.00. The minimum absolute atomic E-state index is 0.134. The molecule has 0 fully saturated rings. The first kappa shape index (κ1) is 12.7. The van der Waals surface area contributed by atoms with Crippen LogP contribution in [0.1, 0.15) is 12.1 Å². The van der Waals surface area contributed by atoms with Crippen molar-refractivity contribution in [1.82, 2.24) is 20.0 Å². The van der Waals surface area contributed by atoms with Crippen molar-refractivity contribution in [3.05, 3.63) is 23.5 Å². The van der Waals surface area contributed by atoms with Gasteiger partial charge in [0.1, 0.15) is 6.54 Å². The lowest BCUT2D eigenvalue weighted by molar-refractivity contribution is -0.116. The molecule has 0 radical (unpaired) electrons. The summed E-state index contributed by atoms with van der Waals surface area (Å²) in [5, 5.41) is 12.9. The zero-order valence-corrected chi connectivity index (χ0v) is 10.6. The Morgan fingerprint density at radius 3 is 3.17 bits per heavy atom. The molecule has 0 aromatic carbocycles. The third-order valence-corrected chi connectivity index (χ3v) is 2.90. The summed E-state index contributed by atoms with van der Waals surface area (Å²) in [4.78, 5) is 15.6. The predicted molar refractivity (Wildman–Crippen MR) is 68.1 cm³/mol. The van der Waals surface area contributed by atoms with Crippen LogP contribution in [-0.4, -0.2) is 32.4 Å². The van der Waals surface area contributed by atoms with Crippen LogP contribution in [0.3, 0.4) is 0 Å². The first-order chi connectivity index (χ1) is 8.78. The van der Waals surface area contributed by atoms with Gasteiger partial charge in [0.2, 0.25) is 5.91 Å². The maximum Gasteiger partial charge on any atom is 0.247 e. The van der Waals surface area contributed by atoms with E-state index in [2.05, 4.69) is 20.6 Å². The summed E-state index contributed by atoms with van der Waals surface area (Å²) in [6, 6.07) is 0. The number of nitrogens with one attached hydrogen (secondary N) is 1. The monoisotopic (exact) mass is 266 g/mol. The van der Waals surface area contributed by atoms with E-state index in [-0.39, 0.29) is 12.5 Å². The van der Waals surface area contributed by atoms with E-state index in [0.717, 1.165) is 18.5 Å². The highest BCUT2D eigenvalue weighted by Crippen LogP contribution is 2.10. The van der Waals surface area contributed by atoms with E-state index in [9.17, 15) is 4.79 Å². The van der Waals surface area contributed by atoms with E-state index in [1.54, 1.807) is 17.8 Å². The molecule has 0 saturated heterocycles. The van der Waals surface area contributed by atoms with Crippen molar-refractivity contribution in [3.63, 3.8) is 0 Å². The van der Waals surface area contributed by atoms with E-state index in [4.69, 9.17) is 5.73 Å².